The third kappa shape index (κ3) is 2.72. The molecule has 0 spiro atoms. The van der Waals surface area contributed by atoms with Gasteiger partial charge in [0.2, 0.25) is 0 Å². The second kappa shape index (κ2) is 5.11. The van der Waals surface area contributed by atoms with E-state index >= 15 is 0 Å². The second-order valence-corrected chi connectivity index (χ2v) is 5.60. The summed E-state index contributed by atoms with van der Waals surface area (Å²) in [5.74, 6) is -0.635. The second-order valence-electron chi connectivity index (χ2n) is 5.60. The van der Waals surface area contributed by atoms with Gasteiger partial charge in [-0.25, -0.2) is 0 Å². The maximum absolute atomic E-state index is 11.3. The van der Waals surface area contributed by atoms with E-state index in [-0.39, 0.29) is 0 Å². The van der Waals surface area contributed by atoms with Crippen molar-refractivity contribution < 1.29 is 9.90 Å². The minimum atomic E-state index is -0.635. The van der Waals surface area contributed by atoms with Gasteiger partial charge in [0, 0.05) is 13.1 Å². The Balaban J connectivity index is 1.94. The van der Waals surface area contributed by atoms with Crippen LogP contribution in [-0.2, 0) is 11.3 Å². The van der Waals surface area contributed by atoms with E-state index in [0.717, 1.165) is 25.8 Å². The van der Waals surface area contributed by atoms with Crippen molar-refractivity contribution in [3.63, 3.8) is 0 Å². The van der Waals surface area contributed by atoms with Crippen LogP contribution in [0.15, 0.2) is 24.3 Å². The van der Waals surface area contributed by atoms with Gasteiger partial charge < -0.3 is 10.0 Å². The Morgan fingerprint density at radius 1 is 1.33 bits per heavy atom. The Morgan fingerprint density at radius 3 is 2.39 bits per heavy atom. The van der Waals surface area contributed by atoms with Crippen LogP contribution in [0, 0.1) is 12.3 Å². The Bertz CT molecular complexity index is 421. The van der Waals surface area contributed by atoms with Crippen LogP contribution in [0.2, 0.25) is 0 Å². The van der Waals surface area contributed by atoms with Gasteiger partial charge in [0.05, 0.1) is 5.41 Å². The summed E-state index contributed by atoms with van der Waals surface area (Å²) < 4.78 is 0. The predicted molar refractivity (Wildman–Crippen MR) is 71.4 cm³/mol. The molecule has 0 heterocycles. The highest BCUT2D eigenvalue weighted by Gasteiger charge is 2.44. The van der Waals surface area contributed by atoms with Crippen LogP contribution in [0.5, 0.6) is 0 Å². The molecule has 98 valence electrons. The van der Waals surface area contributed by atoms with Gasteiger partial charge >= 0.3 is 5.97 Å². The first-order valence-electron chi connectivity index (χ1n) is 6.49. The van der Waals surface area contributed by atoms with Crippen LogP contribution in [0.25, 0.3) is 0 Å². The zero-order valence-electron chi connectivity index (χ0n) is 11.1. The molecule has 1 aliphatic carbocycles. The molecular formula is C15H21NO2. The number of carbonyl (C=O) groups is 1. The van der Waals surface area contributed by atoms with Crippen molar-refractivity contribution in [1.29, 1.82) is 0 Å². The minimum absolute atomic E-state index is 0.487. The average molecular weight is 247 g/mol. The summed E-state index contributed by atoms with van der Waals surface area (Å²) in [5.41, 5.74) is 2.00. The molecule has 0 aromatic heterocycles. The lowest BCUT2D eigenvalue weighted by Crippen LogP contribution is -2.46. The normalized spacial score (nSPS) is 17.5. The molecule has 1 aromatic rings. The van der Waals surface area contributed by atoms with Gasteiger partial charge in [-0.15, -0.1) is 0 Å². The zero-order valence-corrected chi connectivity index (χ0v) is 11.1. The Morgan fingerprint density at radius 2 is 1.94 bits per heavy atom. The summed E-state index contributed by atoms with van der Waals surface area (Å²) >= 11 is 0. The van der Waals surface area contributed by atoms with E-state index in [1.165, 1.54) is 11.1 Å². The molecule has 1 fully saturated rings. The van der Waals surface area contributed by atoms with Crippen LogP contribution in [-0.4, -0.2) is 29.6 Å². The first kappa shape index (κ1) is 13.1. The summed E-state index contributed by atoms with van der Waals surface area (Å²) in [7, 11) is 2.00. The van der Waals surface area contributed by atoms with Gasteiger partial charge in [-0.1, -0.05) is 36.2 Å². The Kier molecular flexibility index (Phi) is 3.71. The SMILES string of the molecule is Cc1ccc(CN(C)CC2(C(=O)O)CCC2)cc1. The van der Waals surface area contributed by atoms with Crippen molar-refractivity contribution in [2.75, 3.05) is 13.6 Å². The number of benzene rings is 1. The molecule has 0 aliphatic heterocycles. The highest BCUT2D eigenvalue weighted by atomic mass is 16.4. The van der Waals surface area contributed by atoms with Crippen LogP contribution in [0.3, 0.4) is 0 Å². The monoisotopic (exact) mass is 247 g/mol. The maximum Gasteiger partial charge on any atom is 0.310 e. The first-order valence-corrected chi connectivity index (χ1v) is 6.49. The van der Waals surface area contributed by atoms with Gasteiger partial charge in [0.25, 0.3) is 0 Å². The zero-order chi connectivity index (χ0) is 13.2. The maximum atomic E-state index is 11.3. The fraction of sp³-hybridized carbons (Fsp3) is 0.533. The third-order valence-corrected chi connectivity index (χ3v) is 3.91. The molecule has 1 N–H and O–H groups in total. The van der Waals surface area contributed by atoms with Gasteiger partial charge in [0.15, 0.2) is 0 Å². The van der Waals surface area contributed by atoms with Crippen LogP contribution in [0.1, 0.15) is 30.4 Å². The van der Waals surface area contributed by atoms with E-state index in [9.17, 15) is 9.90 Å². The van der Waals surface area contributed by atoms with Crippen molar-refractivity contribution in [1.82, 2.24) is 4.90 Å². The van der Waals surface area contributed by atoms with E-state index in [1.54, 1.807) is 0 Å². The van der Waals surface area contributed by atoms with Gasteiger partial charge in [-0.3, -0.25) is 4.79 Å². The molecular weight excluding hydrogens is 226 g/mol. The number of aryl methyl sites for hydroxylation is 1. The molecule has 0 radical (unpaired) electrons. The van der Waals surface area contributed by atoms with Crippen molar-refractivity contribution in [2.45, 2.75) is 32.7 Å². The molecule has 2 rings (SSSR count). The van der Waals surface area contributed by atoms with Crippen molar-refractivity contribution in [3.05, 3.63) is 35.4 Å². The number of nitrogens with zero attached hydrogens (tertiary/aromatic N) is 1. The molecule has 1 aliphatic rings. The van der Waals surface area contributed by atoms with Gasteiger partial charge in [-0.05, 0) is 32.4 Å². The number of hydrogen-bond acceptors (Lipinski definition) is 2. The Labute approximate surface area is 108 Å². The number of carboxylic acids is 1. The summed E-state index contributed by atoms with van der Waals surface area (Å²) in [6.07, 6.45) is 2.69. The van der Waals surface area contributed by atoms with E-state index in [4.69, 9.17) is 0 Å². The third-order valence-electron chi connectivity index (χ3n) is 3.91. The predicted octanol–water partition coefficient (Wildman–Crippen LogP) is 2.68. The summed E-state index contributed by atoms with van der Waals surface area (Å²) in [5, 5.41) is 9.31. The summed E-state index contributed by atoms with van der Waals surface area (Å²) in [6.45, 7) is 3.53. The highest BCUT2D eigenvalue weighted by molar-refractivity contribution is 5.76. The smallest absolute Gasteiger partial charge is 0.310 e. The molecule has 0 amide bonds. The summed E-state index contributed by atoms with van der Waals surface area (Å²) in [6, 6.07) is 8.42. The largest absolute Gasteiger partial charge is 0.481 e. The molecule has 3 nitrogen and oxygen atoms in total. The molecule has 18 heavy (non-hydrogen) atoms. The highest BCUT2D eigenvalue weighted by Crippen LogP contribution is 2.41. The lowest BCUT2D eigenvalue weighted by molar-refractivity contribution is -0.156. The lowest BCUT2D eigenvalue weighted by Gasteiger charge is -2.40. The molecule has 1 saturated carbocycles. The fourth-order valence-corrected chi connectivity index (χ4v) is 2.62. The topological polar surface area (TPSA) is 40.5 Å². The molecule has 0 saturated heterocycles. The van der Waals surface area contributed by atoms with E-state index in [1.807, 2.05) is 7.05 Å². The van der Waals surface area contributed by atoms with Crippen molar-refractivity contribution in [2.24, 2.45) is 5.41 Å². The first-order chi connectivity index (χ1) is 8.52. The molecule has 0 unspecified atom stereocenters. The minimum Gasteiger partial charge on any atom is -0.481 e. The van der Waals surface area contributed by atoms with Gasteiger partial charge in [-0.2, -0.15) is 0 Å². The number of rotatable bonds is 5. The van der Waals surface area contributed by atoms with E-state index < -0.39 is 11.4 Å². The molecule has 1 aromatic carbocycles. The summed E-state index contributed by atoms with van der Waals surface area (Å²) in [4.78, 5) is 13.4. The molecule has 3 heteroatoms. The average Bonchev–Trinajstić information content (AvgIpc) is 2.26. The van der Waals surface area contributed by atoms with E-state index in [2.05, 4.69) is 36.1 Å². The Hall–Kier alpha value is -1.35. The van der Waals surface area contributed by atoms with Crippen molar-refractivity contribution in [3.8, 4) is 0 Å². The quantitative estimate of drug-likeness (QED) is 0.869. The fourth-order valence-electron chi connectivity index (χ4n) is 2.62. The van der Waals surface area contributed by atoms with Gasteiger partial charge in [0.1, 0.15) is 0 Å². The van der Waals surface area contributed by atoms with E-state index in [0.29, 0.717) is 6.54 Å². The number of carboxylic acid groups (broad SMARTS) is 1. The standard InChI is InChI=1S/C15H21NO2/c1-12-4-6-13(7-5-12)10-16(2)11-15(14(17)18)8-3-9-15/h4-7H,3,8-11H2,1-2H3,(H,17,18). The molecule has 0 bridgehead atoms. The number of hydrogen-bond donors (Lipinski definition) is 1. The molecule has 0 atom stereocenters. The van der Waals surface area contributed by atoms with Crippen molar-refractivity contribution >= 4 is 5.97 Å². The van der Waals surface area contributed by atoms with Crippen LogP contribution < -0.4 is 0 Å². The van der Waals surface area contributed by atoms with Crippen LogP contribution in [0.4, 0.5) is 0 Å². The lowest BCUT2D eigenvalue weighted by atomic mass is 9.68. The number of aliphatic carboxylic acids is 1. The van der Waals surface area contributed by atoms with Crippen LogP contribution >= 0.6 is 0 Å².